The summed E-state index contributed by atoms with van der Waals surface area (Å²) in [5, 5.41) is 5.66. The zero-order valence-corrected chi connectivity index (χ0v) is 16.9. The van der Waals surface area contributed by atoms with Gasteiger partial charge < -0.3 is 15.4 Å². The first kappa shape index (κ1) is 22.6. The average molecular weight is 377 g/mol. The van der Waals surface area contributed by atoms with Crippen molar-refractivity contribution in [1.29, 1.82) is 0 Å². The number of carbonyl (C=O) groups excluding carboxylic acids is 3. The molecule has 0 aliphatic rings. The van der Waals surface area contributed by atoms with Gasteiger partial charge in [-0.2, -0.15) is 0 Å². The summed E-state index contributed by atoms with van der Waals surface area (Å²) >= 11 is 0. The number of rotatable bonds is 9. The van der Waals surface area contributed by atoms with Crippen molar-refractivity contribution in [2.45, 2.75) is 46.6 Å². The van der Waals surface area contributed by atoms with Crippen LogP contribution in [-0.2, 0) is 14.3 Å². The zero-order valence-electron chi connectivity index (χ0n) is 16.9. The Bertz CT molecular complexity index is 636. The van der Waals surface area contributed by atoms with Crippen molar-refractivity contribution in [2.24, 2.45) is 0 Å². The molecule has 2 amide bonds. The smallest absolute Gasteiger partial charge is 0.338 e. The number of likely N-dealkylation sites (N-methyl/N-ethyl adjacent to an activating group) is 1. The normalized spacial score (nSPS) is 11.2. The number of benzene rings is 1. The van der Waals surface area contributed by atoms with E-state index in [0.717, 1.165) is 6.42 Å². The van der Waals surface area contributed by atoms with Crippen molar-refractivity contribution in [1.82, 2.24) is 10.2 Å². The lowest BCUT2D eigenvalue weighted by molar-refractivity contribution is -0.124. The molecule has 0 heterocycles. The van der Waals surface area contributed by atoms with Gasteiger partial charge in [0.25, 0.3) is 0 Å². The molecule has 0 unspecified atom stereocenters. The highest BCUT2D eigenvalue weighted by atomic mass is 16.5. The first-order valence-corrected chi connectivity index (χ1v) is 9.25. The molecule has 7 heteroatoms. The maximum absolute atomic E-state index is 12.2. The molecule has 0 saturated carbocycles. The highest BCUT2D eigenvalue weighted by Gasteiger charge is 2.18. The number of ether oxygens (including phenoxy) is 1. The van der Waals surface area contributed by atoms with Crippen molar-refractivity contribution < 1.29 is 19.1 Å². The first-order chi connectivity index (χ1) is 12.6. The molecule has 0 fully saturated rings. The fourth-order valence-electron chi connectivity index (χ4n) is 2.31. The summed E-state index contributed by atoms with van der Waals surface area (Å²) in [6.07, 6.45) is 0.765. The highest BCUT2D eigenvalue weighted by molar-refractivity contribution is 5.94. The number of carbonyl (C=O) groups is 3. The molecule has 27 heavy (non-hydrogen) atoms. The lowest BCUT2D eigenvalue weighted by Crippen LogP contribution is -2.47. The summed E-state index contributed by atoms with van der Waals surface area (Å²) < 4.78 is 5.07. The van der Waals surface area contributed by atoms with Gasteiger partial charge in [-0.1, -0.05) is 13.8 Å². The molecule has 150 valence electrons. The maximum Gasteiger partial charge on any atom is 0.338 e. The molecule has 2 N–H and O–H groups in total. The molecular formula is C20H31N3O4. The van der Waals surface area contributed by atoms with Gasteiger partial charge in [0.1, 0.15) is 0 Å². The molecular weight excluding hydrogens is 346 g/mol. The van der Waals surface area contributed by atoms with Crippen LogP contribution in [0, 0.1) is 0 Å². The molecule has 0 spiro atoms. The van der Waals surface area contributed by atoms with Crippen LogP contribution in [0.25, 0.3) is 0 Å². The van der Waals surface area contributed by atoms with E-state index in [1.54, 1.807) is 29.2 Å². The Kier molecular flexibility index (Phi) is 8.94. The van der Waals surface area contributed by atoms with Crippen LogP contribution in [0.4, 0.5) is 5.69 Å². The second-order valence-electron chi connectivity index (χ2n) is 7.36. The van der Waals surface area contributed by atoms with Gasteiger partial charge in [0.2, 0.25) is 11.8 Å². The van der Waals surface area contributed by atoms with Crippen molar-refractivity contribution in [3.05, 3.63) is 29.8 Å². The number of hydrogen-bond acceptors (Lipinski definition) is 5. The largest absolute Gasteiger partial charge is 0.462 e. The molecule has 0 saturated heterocycles. The van der Waals surface area contributed by atoms with Crippen LogP contribution in [-0.4, -0.2) is 54.5 Å². The molecule has 1 rings (SSSR count). The summed E-state index contributed by atoms with van der Waals surface area (Å²) in [5.74, 6) is -0.717. The topological polar surface area (TPSA) is 87.7 Å². The van der Waals surface area contributed by atoms with Crippen LogP contribution in [0.2, 0.25) is 0 Å². The Labute approximate surface area is 161 Å². The first-order valence-electron chi connectivity index (χ1n) is 9.25. The van der Waals surface area contributed by atoms with E-state index in [1.807, 2.05) is 34.6 Å². The third-order valence-corrected chi connectivity index (χ3v) is 3.54. The van der Waals surface area contributed by atoms with E-state index in [-0.39, 0.29) is 36.4 Å². The second kappa shape index (κ2) is 10.7. The van der Waals surface area contributed by atoms with Gasteiger partial charge in [-0.05, 0) is 58.0 Å². The van der Waals surface area contributed by atoms with Crippen LogP contribution in [0.5, 0.6) is 0 Å². The Morgan fingerprint density at radius 3 is 2.11 bits per heavy atom. The summed E-state index contributed by atoms with van der Waals surface area (Å²) in [6.45, 7) is 10.8. The zero-order chi connectivity index (χ0) is 20.4. The molecule has 0 aromatic heterocycles. The molecule has 0 atom stereocenters. The van der Waals surface area contributed by atoms with Crippen molar-refractivity contribution in [3.8, 4) is 0 Å². The molecule has 7 nitrogen and oxygen atoms in total. The third-order valence-electron chi connectivity index (χ3n) is 3.54. The van der Waals surface area contributed by atoms with Gasteiger partial charge in [-0.3, -0.25) is 14.5 Å². The predicted octanol–water partition coefficient (Wildman–Crippen LogP) is 2.43. The maximum atomic E-state index is 12.2. The molecule has 0 aliphatic heterocycles. The Morgan fingerprint density at radius 2 is 1.59 bits per heavy atom. The molecule has 0 radical (unpaired) electrons. The minimum Gasteiger partial charge on any atom is -0.462 e. The summed E-state index contributed by atoms with van der Waals surface area (Å²) in [7, 11) is 0. The van der Waals surface area contributed by atoms with E-state index in [1.165, 1.54) is 0 Å². The Morgan fingerprint density at radius 1 is 1.00 bits per heavy atom. The Balaban J connectivity index is 2.54. The standard InChI is InChI=1S/C20H31N3O4/c1-6-12-27-19(26)15-8-10-16(11-9-15)21-17(24)13-23(7-2)14-18(25)22-20(3,4)5/h8-11H,6-7,12-14H2,1-5H3,(H,21,24)(H,22,25). The predicted molar refractivity (Wildman–Crippen MR) is 106 cm³/mol. The summed E-state index contributed by atoms with van der Waals surface area (Å²) in [5.41, 5.74) is 0.719. The molecule has 1 aromatic carbocycles. The van der Waals surface area contributed by atoms with E-state index in [0.29, 0.717) is 24.4 Å². The average Bonchev–Trinajstić information content (AvgIpc) is 2.57. The fourth-order valence-corrected chi connectivity index (χ4v) is 2.31. The van der Waals surface area contributed by atoms with Gasteiger partial charge in [0, 0.05) is 11.2 Å². The van der Waals surface area contributed by atoms with Gasteiger partial charge in [-0.15, -0.1) is 0 Å². The van der Waals surface area contributed by atoms with Crippen LogP contribution in [0.1, 0.15) is 51.4 Å². The van der Waals surface area contributed by atoms with Crippen LogP contribution < -0.4 is 10.6 Å². The van der Waals surface area contributed by atoms with E-state index >= 15 is 0 Å². The summed E-state index contributed by atoms with van der Waals surface area (Å²) in [4.78, 5) is 37.8. The SMILES string of the molecule is CCCOC(=O)c1ccc(NC(=O)CN(CC)CC(=O)NC(C)(C)C)cc1. The minimum atomic E-state index is -0.378. The van der Waals surface area contributed by atoms with Crippen molar-refractivity contribution >= 4 is 23.5 Å². The van der Waals surface area contributed by atoms with Gasteiger partial charge in [-0.25, -0.2) is 4.79 Å². The minimum absolute atomic E-state index is 0.106. The number of anilines is 1. The molecule has 1 aromatic rings. The monoisotopic (exact) mass is 377 g/mol. The fraction of sp³-hybridized carbons (Fsp3) is 0.550. The second-order valence-corrected chi connectivity index (χ2v) is 7.36. The molecule has 0 aliphatic carbocycles. The number of nitrogens with one attached hydrogen (secondary N) is 2. The van der Waals surface area contributed by atoms with Crippen LogP contribution >= 0.6 is 0 Å². The Hall–Kier alpha value is -2.41. The van der Waals surface area contributed by atoms with E-state index in [9.17, 15) is 14.4 Å². The lowest BCUT2D eigenvalue weighted by Gasteiger charge is -2.24. The van der Waals surface area contributed by atoms with E-state index in [2.05, 4.69) is 10.6 Å². The van der Waals surface area contributed by atoms with Gasteiger partial charge in [0.15, 0.2) is 0 Å². The van der Waals surface area contributed by atoms with Crippen molar-refractivity contribution in [2.75, 3.05) is 31.6 Å². The van der Waals surface area contributed by atoms with E-state index < -0.39 is 0 Å². The number of nitrogens with zero attached hydrogens (tertiary/aromatic N) is 1. The van der Waals surface area contributed by atoms with Crippen LogP contribution in [0.15, 0.2) is 24.3 Å². The highest BCUT2D eigenvalue weighted by Crippen LogP contribution is 2.11. The van der Waals surface area contributed by atoms with Gasteiger partial charge >= 0.3 is 5.97 Å². The van der Waals surface area contributed by atoms with Gasteiger partial charge in [0.05, 0.1) is 25.3 Å². The van der Waals surface area contributed by atoms with E-state index in [4.69, 9.17) is 4.74 Å². The van der Waals surface area contributed by atoms with Crippen LogP contribution in [0.3, 0.4) is 0 Å². The quantitative estimate of drug-likeness (QED) is 0.646. The van der Waals surface area contributed by atoms with Crippen molar-refractivity contribution in [3.63, 3.8) is 0 Å². The number of amides is 2. The number of esters is 1. The summed E-state index contributed by atoms with van der Waals surface area (Å²) in [6, 6.07) is 6.54. The number of hydrogen-bond donors (Lipinski definition) is 2. The lowest BCUT2D eigenvalue weighted by atomic mass is 10.1. The third kappa shape index (κ3) is 9.19. The molecule has 0 bridgehead atoms.